The molecule has 0 spiro atoms. The molecular weight excluding hydrogens is 366 g/mol. The molecule has 0 saturated carbocycles. The van der Waals surface area contributed by atoms with Crippen molar-refractivity contribution in [1.29, 1.82) is 0 Å². The normalized spacial score (nSPS) is 15.3. The Morgan fingerprint density at radius 3 is 2.55 bits per heavy atom. The molecule has 1 aliphatic heterocycles. The van der Waals surface area contributed by atoms with E-state index in [-0.39, 0.29) is 18.1 Å². The van der Waals surface area contributed by atoms with Crippen LogP contribution in [0.1, 0.15) is 44.7 Å². The number of nitrogen functional groups attached to an aromatic ring is 1. The van der Waals surface area contributed by atoms with Crippen molar-refractivity contribution in [3.05, 3.63) is 35.4 Å². The van der Waals surface area contributed by atoms with E-state index in [4.69, 9.17) is 10.5 Å². The molecule has 1 aromatic carbocycles. The van der Waals surface area contributed by atoms with Gasteiger partial charge in [0.1, 0.15) is 11.4 Å². The first kappa shape index (κ1) is 20.9. The predicted octanol–water partition coefficient (Wildman–Crippen LogP) is 4.15. The zero-order chi connectivity index (χ0) is 21.2. The third-order valence-corrected chi connectivity index (χ3v) is 5.12. The summed E-state index contributed by atoms with van der Waals surface area (Å²) in [6, 6.07) is 8.32. The first-order chi connectivity index (χ1) is 13.6. The van der Waals surface area contributed by atoms with Gasteiger partial charge in [-0.05, 0) is 58.6 Å². The molecule has 156 valence electrons. The van der Waals surface area contributed by atoms with Gasteiger partial charge < -0.3 is 20.7 Å². The van der Waals surface area contributed by atoms with Gasteiger partial charge in [-0.3, -0.25) is 0 Å². The second-order valence-corrected chi connectivity index (χ2v) is 8.63. The van der Waals surface area contributed by atoms with Crippen LogP contribution in [0.3, 0.4) is 0 Å². The minimum absolute atomic E-state index is 0.217. The van der Waals surface area contributed by atoms with Gasteiger partial charge in [0.2, 0.25) is 5.95 Å². The van der Waals surface area contributed by atoms with Crippen LogP contribution in [0, 0.1) is 13.8 Å². The highest BCUT2D eigenvalue weighted by Gasteiger charge is 2.27. The fourth-order valence-electron chi connectivity index (χ4n) is 3.45. The highest BCUT2D eigenvalue weighted by Crippen LogP contribution is 2.27. The molecule has 2 heterocycles. The topological polar surface area (TPSA) is 93.4 Å². The second kappa shape index (κ2) is 8.27. The molecule has 3 rings (SSSR count). The van der Waals surface area contributed by atoms with Gasteiger partial charge in [-0.15, -0.1) is 0 Å². The van der Waals surface area contributed by atoms with Crippen molar-refractivity contribution in [3.63, 3.8) is 0 Å². The Morgan fingerprint density at radius 1 is 1.21 bits per heavy atom. The number of likely N-dealkylation sites (tertiary alicyclic amines) is 1. The fourth-order valence-corrected chi connectivity index (χ4v) is 3.45. The van der Waals surface area contributed by atoms with Crippen molar-refractivity contribution < 1.29 is 9.53 Å². The number of rotatable bonds is 3. The lowest BCUT2D eigenvalue weighted by Gasteiger charge is -2.33. The second-order valence-electron chi connectivity index (χ2n) is 8.63. The third kappa shape index (κ3) is 5.37. The summed E-state index contributed by atoms with van der Waals surface area (Å²) in [5, 5.41) is 3.46. The summed E-state index contributed by atoms with van der Waals surface area (Å²) >= 11 is 0. The van der Waals surface area contributed by atoms with Crippen LogP contribution in [-0.4, -0.2) is 45.7 Å². The van der Waals surface area contributed by atoms with Crippen molar-refractivity contribution >= 4 is 17.9 Å². The number of hydrogen-bond donors (Lipinski definition) is 2. The van der Waals surface area contributed by atoms with E-state index in [9.17, 15) is 4.79 Å². The summed E-state index contributed by atoms with van der Waals surface area (Å²) in [6.45, 7) is 11.1. The summed E-state index contributed by atoms with van der Waals surface area (Å²) in [6.07, 6.45) is 1.39. The summed E-state index contributed by atoms with van der Waals surface area (Å²) in [5.41, 5.74) is 9.77. The lowest BCUT2D eigenvalue weighted by Crippen LogP contribution is -2.44. The van der Waals surface area contributed by atoms with Crippen molar-refractivity contribution in [2.75, 3.05) is 24.1 Å². The molecular formula is C22H31N5O2. The molecule has 1 fully saturated rings. The first-order valence-corrected chi connectivity index (χ1v) is 10.1. The fraction of sp³-hybridized carbons (Fsp3) is 0.500. The predicted molar refractivity (Wildman–Crippen MR) is 116 cm³/mol. The van der Waals surface area contributed by atoms with Crippen LogP contribution in [-0.2, 0) is 4.74 Å². The molecule has 0 atom stereocenters. The third-order valence-electron chi connectivity index (χ3n) is 5.12. The van der Waals surface area contributed by atoms with Crippen LogP contribution in [0.4, 0.5) is 16.6 Å². The van der Waals surface area contributed by atoms with Crippen LogP contribution >= 0.6 is 0 Å². The van der Waals surface area contributed by atoms with E-state index in [2.05, 4.69) is 35.2 Å². The molecule has 3 N–H and O–H groups in total. The zero-order valence-corrected chi connectivity index (χ0v) is 18.0. The largest absolute Gasteiger partial charge is 0.444 e. The number of carbonyl (C=O) groups is 1. The van der Waals surface area contributed by atoms with Gasteiger partial charge in [0, 0.05) is 30.8 Å². The molecule has 0 aliphatic carbocycles. The highest BCUT2D eigenvalue weighted by molar-refractivity contribution is 5.69. The van der Waals surface area contributed by atoms with Gasteiger partial charge in [0.05, 0.1) is 5.69 Å². The number of nitrogens with two attached hydrogens (primary N) is 1. The van der Waals surface area contributed by atoms with Gasteiger partial charge in [-0.2, -0.15) is 4.98 Å². The Labute approximate surface area is 172 Å². The molecule has 1 aromatic heterocycles. The lowest BCUT2D eigenvalue weighted by molar-refractivity contribution is 0.0210. The van der Waals surface area contributed by atoms with Crippen LogP contribution in [0.15, 0.2) is 24.3 Å². The molecule has 7 heteroatoms. The number of nitrogens with zero attached hydrogens (tertiary/aromatic N) is 3. The van der Waals surface area contributed by atoms with Crippen LogP contribution in [0.5, 0.6) is 0 Å². The van der Waals surface area contributed by atoms with Crippen molar-refractivity contribution in [2.24, 2.45) is 0 Å². The minimum atomic E-state index is -0.477. The number of aromatic nitrogens is 2. The number of nitrogens with one attached hydrogen (secondary N) is 1. The van der Waals surface area contributed by atoms with Crippen molar-refractivity contribution in [3.8, 4) is 11.3 Å². The van der Waals surface area contributed by atoms with Crippen LogP contribution in [0.25, 0.3) is 11.3 Å². The Morgan fingerprint density at radius 2 is 1.90 bits per heavy atom. The SMILES string of the molecule is Cc1cccc(-c2cc(NC3CCN(C(=O)OC(C)(C)C)CC3)nc(N)n2)c1C. The molecule has 1 saturated heterocycles. The maximum absolute atomic E-state index is 12.2. The molecule has 0 bridgehead atoms. The standard InChI is InChI=1S/C22H31N5O2/c1-14-7-6-8-17(15(14)2)18-13-19(26-20(23)25-18)24-16-9-11-27(12-10-16)21(28)29-22(3,4)5/h6-8,13,16H,9-12H2,1-5H3,(H3,23,24,25,26). The van der Waals surface area contributed by atoms with Crippen LogP contribution in [0.2, 0.25) is 0 Å². The quantitative estimate of drug-likeness (QED) is 0.808. The number of hydrogen-bond acceptors (Lipinski definition) is 6. The maximum Gasteiger partial charge on any atom is 0.410 e. The number of aryl methyl sites for hydroxylation is 1. The summed E-state index contributed by atoms with van der Waals surface area (Å²) in [5.74, 6) is 0.959. The lowest BCUT2D eigenvalue weighted by atomic mass is 10.0. The number of carbonyl (C=O) groups excluding carboxylic acids is 1. The Hall–Kier alpha value is -2.83. The molecule has 1 amide bonds. The van der Waals surface area contributed by atoms with Gasteiger partial charge in [0.15, 0.2) is 0 Å². The zero-order valence-electron chi connectivity index (χ0n) is 18.0. The van der Waals surface area contributed by atoms with Gasteiger partial charge in [-0.25, -0.2) is 9.78 Å². The highest BCUT2D eigenvalue weighted by atomic mass is 16.6. The number of amides is 1. The number of piperidine rings is 1. The van der Waals surface area contributed by atoms with Crippen LogP contribution < -0.4 is 11.1 Å². The van der Waals surface area contributed by atoms with E-state index in [0.29, 0.717) is 18.9 Å². The van der Waals surface area contributed by atoms with E-state index in [1.807, 2.05) is 39.0 Å². The molecule has 0 unspecified atom stereocenters. The molecule has 7 nitrogen and oxygen atoms in total. The van der Waals surface area contributed by atoms with E-state index in [1.165, 1.54) is 11.1 Å². The van der Waals surface area contributed by atoms with Crippen molar-refractivity contribution in [2.45, 2.75) is 59.1 Å². The molecule has 0 radical (unpaired) electrons. The Kier molecular flexibility index (Phi) is 5.96. The number of ether oxygens (including phenoxy) is 1. The Bertz CT molecular complexity index is 883. The minimum Gasteiger partial charge on any atom is -0.444 e. The summed E-state index contributed by atoms with van der Waals surface area (Å²) in [7, 11) is 0. The monoisotopic (exact) mass is 397 g/mol. The van der Waals surface area contributed by atoms with E-state index in [0.717, 1.165) is 24.1 Å². The first-order valence-electron chi connectivity index (χ1n) is 10.1. The number of anilines is 2. The summed E-state index contributed by atoms with van der Waals surface area (Å²) in [4.78, 5) is 22.8. The molecule has 2 aromatic rings. The summed E-state index contributed by atoms with van der Waals surface area (Å²) < 4.78 is 5.46. The smallest absolute Gasteiger partial charge is 0.410 e. The van der Waals surface area contributed by atoms with Gasteiger partial charge in [0.25, 0.3) is 0 Å². The van der Waals surface area contributed by atoms with Gasteiger partial charge >= 0.3 is 6.09 Å². The van der Waals surface area contributed by atoms with Gasteiger partial charge in [-0.1, -0.05) is 18.2 Å². The van der Waals surface area contributed by atoms with E-state index in [1.54, 1.807) is 4.90 Å². The number of benzene rings is 1. The van der Waals surface area contributed by atoms with E-state index >= 15 is 0 Å². The molecule has 29 heavy (non-hydrogen) atoms. The maximum atomic E-state index is 12.2. The Balaban J connectivity index is 1.67. The average molecular weight is 398 g/mol. The van der Waals surface area contributed by atoms with E-state index < -0.39 is 5.60 Å². The van der Waals surface area contributed by atoms with Crippen molar-refractivity contribution in [1.82, 2.24) is 14.9 Å². The molecule has 1 aliphatic rings. The average Bonchev–Trinajstić information content (AvgIpc) is 2.62.